The molecule has 0 spiro atoms. The van der Waals surface area contributed by atoms with E-state index in [4.69, 9.17) is 0 Å². The fourth-order valence-electron chi connectivity index (χ4n) is 2.76. The maximum atomic E-state index is 13.0. The Kier molecular flexibility index (Phi) is 5.21. The van der Waals surface area contributed by atoms with Crippen molar-refractivity contribution in [2.45, 2.75) is 39.2 Å². The standard InChI is InChI=1S/C15H20F3N5O2/c1-10(2)21-9-22(14(19-23(24)25)20(4)11(21)3)13-7-5-6-12(8-13)15(16,17)18/h5-8,10-11H,9H2,1-4H3. The minimum Gasteiger partial charge on any atom is -0.325 e. The normalized spacial score (nSPS) is 21.3. The molecule has 1 saturated heterocycles. The Hall–Kier alpha value is -2.36. The van der Waals surface area contributed by atoms with Gasteiger partial charge < -0.3 is 4.90 Å². The number of benzene rings is 1. The highest BCUT2D eigenvalue weighted by Crippen LogP contribution is 2.33. The molecule has 10 heteroatoms. The number of anilines is 1. The first-order valence-electron chi connectivity index (χ1n) is 7.68. The van der Waals surface area contributed by atoms with Crippen molar-refractivity contribution >= 4 is 11.6 Å². The topological polar surface area (TPSA) is 65.2 Å². The van der Waals surface area contributed by atoms with E-state index in [9.17, 15) is 23.3 Å². The van der Waals surface area contributed by atoms with E-state index in [0.29, 0.717) is 0 Å². The third-order valence-electron chi connectivity index (χ3n) is 4.22. The molecule has 25 heavy (non-hydrogen) atoms. The predicted molar refractivity (Wildman–Crippen MR) is 87.4 cm³/mol. The van der Waals surface area contributed by atoms with Crippen LogP contribution in [0, 0.1) is 10.1 Å². The molecule has 0 N–H and O–H groups in total. The second kappa shape index (κ2) is 6.87. The van der Waals surface area contributed by atoms with Gasteiger partial charge in [0.1, 0.15) is 5.10 Å². The molecule has 0 radical (unpaired) electrons. The predicted octanol–water partition coefficient (Wildman–Crippen LogP) is 3.02. The zero-order valence-corrected chi connectivity index (χ0v) is 14.4. The molecule has 1 aliphatic heterocycles. The smallest absolute Gasteiger partial charge is 0.325 e. The molecule has 2 rings (SSSR count). The molecule has 0 aromatic heterocycles. The van der Waals surface area contributed by atoms with Gasteiger partial charge in [0.2, 0.25) is 0 Å². The molecule has 7 nitrogen and oxygen atoms in total. The maximum Gasteiger partial charge on any atom is 0.416 e. The molecule has 0 aliphatic carbocycles. The van der Waals surface area contributed by atoms with E-state index >= 15 is 0 Å². The lowest BCUT2D eigenvalue weighted by Crippen LogP contribution is -2.64. The van der Waals surface area contributed by atoms with Crippen molar-refractivity contribution in [1.82, 2.24) is 9.80 Å². The van der Waals surface area contributed by atoms with E-state index in [-0.39, 0.29) is 30.5 Å². The number of nitro groups is 1. The highest BCUT2D eigenvalue weighted by Gasteiger charge is 2.37. The summed E-state index contributed by atoms with van der Waals surface area (Å²) in [6.07, 6.45) is -4.69. The summed E-state index contributed by atoms with van der Waals surface area (Å²) >= 11 is 0. The van der Waals surface area contributed by atoms with E-state index in [1.54, 1.807) is 11.9 Å². The van der Waals surface area contributed by atoms with Gasteiger partial charge in [0.25, 0.3) is 5.96 Å². The van der Waals surface area contributed by atoms with Gasteiger partial charge in [0, 0.05) is 18.8 Å². The molecule has 1 aromatic rings. The van der Waals surface area contributed by atoms with Gasteiger partial charge in [-0.15, -0.1) is 0 Å². The van der Waals surface area contributed by atoms with E-state index in [0.717, 1.165) is 12.1 Å². The third-order valence-corrected chi connectivity index (χ3v) is 4.22. The Morgan fingerprint density at radius 1 is 1.36 bits per heavy atom. The van der Waals surface area contributed by atoms with Gasteiger partial charge in [0.05, 0.1) is 18.4 Å². The van der Waals surface area contributed by atoms with Gasteiger partial charge in [-0.25, -0.2) is 10.1 Å². The summed E-state index contributed by atoms with van der Waals surface area (Å²) in [5, 5.41) is 13.5. The summed E-state index contributed by atoms with van der Waals surface area (Å²) in [4.78, 5) is 15.9. The highest BCUT2D eigenvalue weighted by atomic mass is 19.4. The molecular formula is C15H20F3N5O2. The summed E-state index contributed by atoms with van der Waals surface area (Å²) in [6.45, 7) is 5.95. The van der Waals surface area contributed by atoms with Crippen molar-refractivity contribution in [3.05, 3.63) is 39.9 Å². The first-order valence-corrected chi connectivity index (χ1v) is 7.68. The van der Waals surface area contributed by atoms with Crippen LogP contribution in [0.25, 0.3) is 0 Å². The van der Waals surface area contributed by atoms with E-state index < -0.39 is 16.8 Å². The van der Waals surface area contributed by atoms with Crippen LogP contribution in [0.4, 0.5) is 18.9 Å². The van der Waals surface area contributed by atoms with Crippen LogP contribution in [0.2, 0.25) is 0 Å². The van der Waals surface area contributed by atoms with E-state index in [1.807, 2.05) is 25.7 Å². The van der Waals surface area contributed by atoms with Crippen molar-refractivity contribution in [1.29, 1.82) is 0 Å². The van der Waals surface area contributed by atoms with Crippen molar-refractivity contribution < 1.29 is 18.2 Å². The van der Waals surface area contributed by atoms with Gasteiger partial charge in [0.15, 0.2) is 5.03 Å². The average molecular weight is 359 g/mol. The molecule has 0 saturated carbocycles. The zero-order valence-electron chi connectivity index (χ0n) is 14.4. The Labute approximate surface area is 143 Å². The highest BCUT2D eigenvalue weighted by molar-refractivity contribution is 5.96. The fraction of sp³-hybridized carbons (Fsp3) is 0.533. The Bertz CT molecular complexity index is 677. The largest absolute Gasteiger partial charge is 0.416 e. The third kappa shape index (κ3) is 4.01. The number of guanidine groups is 1. The van der Waals surface area contributed by atoms with Crippen LogP contribution in [0.5, 0.6) is 0 Å². The summed E-state index contributed by atoms with van der Waals surface area (Å²) in [6, 6.07) is 4.78. The average Bonchev–Trinajstić information content (AvgIpc) is 2.50. The minimum atomic E-state index is -4.50. The summed E-state index contributed by atoms with van der Waals surface area (Å²) in [7, 11) is 1.63. The first kappa shape index (κ1) is 19.0. The van der Waals surface area contributed by atoms with Gasteiger partial charge in [-0.1, -0.05) is 6.07 Å². The second-order valence-electron chi connectivity index (χ2n) is 6.11. The maximum absolute atomic E-state index is 13.0. The monoisotopic (exact) mass is 359 g/mol. The number of alkyl halides is 3. The molecule has 1 fully saturated rings. The number of hydrogen-bond donors (Lipinski definition) is 0. The molecule has 1 aromatic carbocycles. The lowest BCUT2D eigenvalue weighted by atomic mass is 10.1. The van der Waals surface area contributed by atoms with Crippen LogP contribution in [-0.4, -0.2) is 46.7 Å². The van der Waals surface area contributed by atoms with Crippen molar-refractivity contribution in [3.63, 3.8) is 0 Å². The number of nitrogens with zero attached hydrogens (tertiary/aromatic N) is 5. The van der Waals surface area contributed by atoms with Gasteiger partial charge in [-0.05, 0) is 39.0 Å². The molecule has 1 atom stereocenters. The van der Waals surface area contributed by atoms with Crippen LogP contribution in [0.1, 0.15) is 26.3 Å². The van der Waals surface area contributed by atoms with Crippen molar-refractivity contribution in [3.8, 4) is 0 Å². The number of halogens is 3. The molecule has 138 valence electrons. The molecule has 1 unspecified atom stereocenters. The fourth-order valence-corrected chi connectivity index (χ4v) is 2.76. The molecule has 1 heterocycles. The molecule has 0 amide bonds. The number of hydrogen-bond acceptors (Lipinski definition) is 3. The van der Waals surface area contributed by atoms with Gasteiger partial charge in [-0.3, -0.25) is 9.80 Å². The Balaban J connectivity index is 2.52. The first-order chi connectivity index (χ1) is 11.5. The van der Waals surface area contributed by atoms with Crippen LogP contribution < -0.4 is 4.90 Å². The minimum absolute atomic E-state index is 0.00581. The van der Waals surface area contributed by atoms with Crippen LogP contribution in [0.3, 0.4) is 0 Å². The lowest BCUT2D eigenvalue weighted by molar-refractivity contribution is -0.486. The molecule has 0 bridgehead atoms. The quantitative estimate of drug-likeness (QED) is 0.613. The Morgan fingerprint density at radius 2 is 2.00 bits per heavy atom. The summed E-state index contributed by atoms with van der Waals surface area (Å²) in [5.41, 5.74) is -0.623. The van der Waals surface area contributed by atoms with Crippen LogP contribution in [0.15, 0.2) is 29.4 Å². The summed E-state index contributed by atoms with van der Waals surface area (Å²) < 4.78 is 39.0. The second-order valence-corrected chi connectivity index (χ2v) is 6.11. The van der Waals surface area contributed by atoms with Crippen LogP contribution >= 0.6 is 0 Å². The van der Waals surface area contributed by atoms with Crippen molar-refractivity contribution in [2.75, 3.05) is 18.6 Å². The SMILES string of the molecule is CC(C)N1CN(c2cccc(C(F)(F)F)c2)C(=N[N+](=O)[O-])N(C)C1C. The van der Waals surface area contributed by atoms with E-state index in [1.165, 1.54) is 17.0 Å². The van der Waals surface area contributed by atoms with E-state index in [2.05, 4.69) is 5.10 Å². The number of hydrazone groups is 1. The van der Waals surface area contributed by atoms with Gasteiger partial charge >= 0.3 is 6.18 Å². The van der Waals surface area contributed by atoms with Crippen molar-refractivity contribution in [2.24, 2.45) is 5.10 Å². The number of rotatable bonds is 3. The van der Waals surface area contributed by atoms with Gasteiger partial charge in [-0.2, -0.15) is 13.2 Å². The molecular weight excluding hydrogens is 339 g/mol. The summed E-state index contributed by atoms with van der Waals surface area (Å²) in [5.74, 6) is -0.00581. The van der Waals surface area contributed by atoms with Crippen LogP contribution in [-0.2, 0) is 6.18 Å². The lowest BCUT2D eigenvalue weighted by Gasteiger charge is -2.48. The zero-order chi connectivity index (χ0) is 18.9. The Morgan fingerprint density at radius 3 is 2.52 bits per heavy atom. The molecule has 1 aliphatic rings.